The van der Waals surface area contributed by atoms with Gasteiger partial charge in [0.15, 0.2) is 0 Å². The second-order valence-electron chi connectivity index (χ2n) is 3.50. The summed E-state index contributed by atoms with van der Waals surface area (Å²) in [6.45, 7) is 0.684. The first-order valence-electron chi connectivity index (χ1n) is 5.41. The van der Waals surface area contributed by atoms with Gasteiger partial charge in [-0.2, -0.15) is 12.6 Å². The minimum atomic E-state index is -0.957. The molecule has 1 aromatic rings. The summed E-state index contributed by atoms with van der Waals surface area (Å²) >= 11 is 3.91. The van der Waals surface area contributed by atoms with E-state index < -0.39 is 12.0 Å². The quantitative estimate of drug-likeness (QED) is 0.406. The summed E-state index contributed by atoms with van der Waals surface area (Å²) in [5.74, 6) is -1.04. The third kappa shape index (κ3) is 4.72. The van der Waals surface area contributed by atoms with Crippen LogP contribution in [0.3, 0.4) is 0 Å². The Balaban J connectivity index is 2.26. The average Bonchev–Trinajstić information content (AvgIpc) is 2.39. The Labute approximate surface area is 110 Å². The minimum absolute atomic E-state index is 0.198. The number of amides is 1. The van der Waals surface area contributed by atoms with Crippen LogP contribution < -0.4 is 10.6 Å². The Kier molecular flexibility index (Phi) is 6.16. The molecule has 18 heavy (non-hydrogen) atoms. The molecule has 0 bridgehead atoms. The van der Waals surface area contributed by atoms with E-state index in [0.717, 1.165) is 0 Å². The van der Waals surface area contributed by atoms with Gasteiger partial charge in [-0.15, -0.1) is 0 Å². The molecule has 0 aliphatic carbocycles. The number of pyridine rings is 1. The molecule has 0 radical (unpaired) electrons. The second kappa shape index (κ2) is 7.67. The van der Waals surface area contributed by atoms with Crippen LogP contribution in [0.5, 0.6) is 0 Å². The van der Waals surface area contributed by atoms with Crippen molar-refractivity contribution in [3.63, 3.8) is 0 Å². The van der Waals surface area contributed by atoms with Crippen molar-refractivity contribution < 1.29 is 14.7 Å². The highest BCUT2D eigenvalue weighted by Gasteiger charge is 2.13. The van der Waals surface area contributed by atoms with Crippen LogP contribution in [0.25, 0.3) is 0 Å². The summed E-state index contributed by atoms with van der Waals surface area (Å²) in [7, 11) is 0. The number of nitrogens with one attached hydrogen (secondary N) is 2. The van der Waals surface area contributed by atoms with Crippen molar-refractivity contribution in [2.75, 3.05) is 18.8 Å². The molecular formula is C11H15N3O3S. The Hall–Kier alpha value is -1.60. The van der Waals surface area contributed by atoms with E-state index in [9.17, 15) is 9.59 Å². The van der Waals surface area contributed by atoms with Crippen LogP contribution in [0, 0.1) is 0 Å². The third-order valence-electron chi connectivity index (χ3n) is 2.18. The number of carbonyl (C=O) groups excluding carboxylic acids is 1. The number of hydrogen-bond donors (Lipinski definition) is 4. The van der Waals surface area contributed by atoms with Crippen molar-refractivity contribution in [1.29, 1.82) is 0 Å². The zero-order valence-corrected chi connectivity index (χ0v) is 10.6. The third-order valence-corrected chi connectivity index (χ3v) is 2.54. The summed E-state index contributed by atoms with van der Waals surface area (Å²) in [6, 6.07) is 4.35. The highest BCUT2D eigenvalue weighted by molar-refractivity contribution is 7.80. The fraction of sp³-hybridized carbons (Fsp3) is 0.364. The first kappa shape index (κ1) is 14.5. The number of hydrogen-bond acceptors (Lipinski definition) is 5. The molecule has 1 amide bonds. The van der Waals surface area contributed by atoms with Crippen LogP contribution in [0.2, 0.25) is 0 Å². The molecule has 0 aromatic carbocycles. The van der Waals surface area contributed by atoms with Crippen molar-refractivity contribution in [1.82, 2.24) is 15.6 Å². The lowest BCUT2D eigenvalue weighted by Crippen LogP contribution is -2.42. The zero-order valence-electron chi connectivity index (χ0n) is 9.67. The predicted octanol–water partition coefficient (Wildman–Crippen LogP) is -0.216. The molecule has 6 nitrogen and oxygen atoms in total. The fourth-order valence-corrected chi connectivity index (χ4v) is 1.53. The number of thiol groups is 1. The zero-order chi connectivity index (χ0) is 13.4. The van der Waals surface area contributed by atoms with Gasteiger partial charge in [-0.1, -0.05) is 6.07 Å². The summed E-state index contributed by atoms with van der Waals surface area (Å²) in [5.41, 5.74) is 0.335. The van der Waals surface area contributed by atoms with Crippen molar-refractivity contribution in [2.24, 2.45) is 0 Å². The van der Waals surface area contributed by atoms with Gasteiger partial charge < -0.3 is 15.7 Å². The van der Waals surface area contributed by atoms with E-state index in [2.05, 4.69) is 28.2 Å². The number of carbonyl (C=O) groups is 2. The van der Waals surface area contributed by atoms with Gasteiger partial charge in [-0.05, 0) is 12.1 Å². The van der Waals surface area contributed by atoms with Crippen LogP contribution in [-0.2, 0) is 4.79 Å². The number of aliphatic carboxylic acids is 1. The van der Waals surface area contributed by atoms with Crippen molar-refractivity contribution in [3.05, 3.63) is 30.1 Å². The van der Waals surface area contributed by atoms with Crippen molar-refractivity contribution in [2.45, 2.75) is 6.04 Å². The molecule has 98 valence electrons. The maximum atomic E-state index is 11.6. The maximum absolute atomic E-state index is 11.6. The lowest BCUT2D eigenvalue weighted by molar-refractivity contribution is -0.138. The normalized spacial score (nSPS) is 11.8. The standard InChI is InChI=1S/C11H15N3O3S/c15-10(8-3-1-2-4-12-8)14-6-5-13-9(7-18)11(16)17/h1-4,9,13,18H,5-7H2,(H,14,15)(H,16,17)/t9-/m0/s1. The van der Waals surface area contributed by atoms with Crippen molar-refractivity contribution in [3.8, 4) is 0 Å². The smallest absolute Gasteiger partial charge is 0.321 e. The summed E-state index contributed by atoms with van der Waals surface area (Å²) in [6.07, 6.45) is 1.54. The Bertz CT molecular complexity index is 400. The van der Waals surface area contributed by atoms with E-state index in [1.54, 1.807) is 18.2 Å². The van der Waals surface area contributed by atoms with Crippen LogP contribution in [-0.4, -0.2) is 46.9 Å². The van der Waals surface area contributed by atoms with Crippen LogP contribution >= 0.6 is 12.6 Å². The Morgan fingerprint density at radius 1 is 1.39 bits per heavy atom. The van der Waals surface area contributed by atoms with Crippen LogP contribution in [0.15, 0.2) is 24.4 Å². The van der Waals surface area contributed by atoms with E-state index in [0.29, 0.717) is 18.8 Å². The molecule has 3 N–H and O–H groups in total. The molecule has 0 saturated heterocycles. The SMILES string of the molecule is O=C(NCCN[C@@H](CS)C(=O)O)c1ccccn1. The first-order valence-corrected chi connectivity index (χ1v) is 6.04. The van der Waals surface area contributed by atoms with Gasteiger partial charge in [0.05, 0.1) is 0 Å². The molecule has 1 heterocycles. The van der Waals surface area contributed by atoms with E-state index >= 15 is 0 Å². The Morgan fingerprint density at radius 2 is 2.17 bits per heavy atom. The van der Waals surface area contributed by atoms with Gasteiger partial charge in [0.25, 0.3) is 5.91 Å². The average molecular weight is 269 g/mol. The highest BCUT2D eigenvalue weighted by Crippen LogP contribution is 1.92. The molecule has 0 aliphatic rings. The van der Waals surface area contributed by atoms with E-state index in [1.807, 2.05) is 0 Å². The summed E-state index contributed by atoms with van der Waals surface area (Å²) in [4.78, 5) is 26.1. The van der Waals surface area contributed by atoms with Crippen molar-refractivity contribution >= 4 is 24.5 Å². The van der Waals surface area contributed by atoms with Crippen LogP contribution in [0.1, 0.15) is 10.5 Å². The molecule has 0 aliphatic heterocycles. The van der Waals surface area contributed by atoms with E-state index in [4.69, 9.17) is 5.11 Å². The predicted molar refractivity (Wildman–Crippen MR) is 69.8 cm³/mol. The molecule has 1 atom stereocenters. The monoisotopic (exact) mass is 269 g/mol. The van der Waals surface area contributed by atoms with Gasteiger partial charge in [-0.25, -0.2) is 0 Å². The lowest BCUT2D eigenvalue weighted by atomic mass is 10.3. The van der Waals surface area contributed by atoms with E-state index in [-0.39, 0.29) is 11.7 Å². The second-order valence-corrected chi connectivity index (χ2v) is 3.86. The van der Waals surface area contributed by atoms with Crippen LogP contribution in [0.4, 0.5) is 0 Å². The van der Waals surface area contributed by atoms with Gasteiger partial charge >= 0.3 is 5.97 Å². The maximum Gasteiger partial charge on any atom is 0.321 e. The summed E-state index contributed by atoms with van der Waals surface area (Å²) in [5, 5.41) is 14.2. The number of aromatic nitrogens is 1. The van der Waals surface area contributed by atoms with Gasteiger partial charge in [0, 0.05) is 25.0 Å². The minimum Gasteiger partial charge on any atom is -0.480 e. The fourth-order valence-electron chi connectivity index (χ4n) is 1.24. The number of carboxylic acid groups (broad SMARTS) is 1. The van der Waals surface area contributed by atoms with E-state index in [1.165, 1.54) is 6.20 Å². The first-order chi connectivity index (χ1) is 8.65. The number of nitrogens with zero attached hydrogens (tertiary/aromatic N) is 1. The molecule has 0 unspecified atom stereocenters. The molecule has 1 rings (SSSR count). The van der Waals surface area contributed by atoms with Gasteiger partial charge in [-0.3, -0.25) is 14.6 Å². The lowest BCUT2D eigenvalue weighted by Gasteiger charge is -2.11. The van der Waals surface area contributed by atoms with Gasteiger partial charge in [0.1, 0.15) is 11.7 Å². The molecule has 7 heteroatoms. The highest BCUT2D eigenvalue weighted by atomic mass is 32.1. The van der Waals surface area contributed by atoms with Gasteiger partial charge in [0.2, 0.25) is 0 Å². The molecule has 0 spiro atoms. The Morgan fingerprint density at radius 3 is 2.72 bits per heavy atom. The summed E-state index contributed by atoms with van der Waals surface area (Å²) < 4.78 is 0. The number of rotatable bonds is 7. The number of carboxylic acids is 1. The largest absolute Gasteiger partial charge is 0.480 e. The molecule has 0 fully saturated rings. The molecular weight excluding hydrogens is 254 g/mol. The molecule has 0 saturated carbocycles. The topological polar surface area (TPSA) is 91.3 Å². The molecule has 1 aromatic heterocycles.